The van der Waals surface area contributed by atoms with E-state index in [-0.39, 0.29) is 32.7 Å². The largest absolute Gasteiger partial charge is 0.390 e. The number of aliphatic hydroxyl groups excluding tert-OH is 2. The van der Waals surface area contributed by atoms with Crippen molar-refractivity contribution in [1.29, 1.82) is 0 Å². The van der Waals surface area contributed by atoms with E-state index >= 15 is 0 Å². The number of hydrogen-bond acceptors (Lipinski definition) is 6. The van der Waals surface area contributed by atoms with E-state index in [9.17, 15) is 0 Å². The molecule has 32 heavy (non-hydrogen) atoms. The topological polar surface area (TPSA) is 92.0 Å². The normalized spacial score (nSPS) is 10.0. The number of aromatic nitrogens is 4. The predicted octanol–water partition coefficient (Wildman–Crippen LogP) is 4.19. The molecule has 0 unspecified atom stereocenters. The molecule has 0 fully saturated rings. The van der Waals surface area contributed by atoms with Crippen molar-refractivity contribution < 1.29 is 29.7 Å². The molecule has 0 atom stereocenters. The minimum Gasteiger partial charge on any atom is -0.390 e. The molecule has 0 aliphatic carbocycles. The van der Waals surface area contributed by atoms with Gasteiger partial charge in [-0.3, -0.25) is 15.0 Å². The van der Waals surface area contributed by atoms with Crippen LogP contribution in [0.15, 0.2) is 67.0 Å². The first-order chi connectivity index (χ1) is 15.0. The average molecular weight is 516 g/mol. The van der Waals surface area contributed by atoms with Crippen LogP contribution in [0, 0.1) is 20.8 Å². The van der Waals surface area contributed by atoms with Gasteiger partial charge in [-0.2, -0.15) is 0 Å². The van der Waals surface area contributed by atoms with Gasteiger partial charge in [0.1, 0.15) is 0 Å². The number of rotatable bonds is 4. The Morgan fingerprint density at radius 1 is 0.594 bits per heavy atom. The third-order valence-corrected chi connectivity index (χ3v) is 4.51. The fraction of sp³-hybridized carbons (Fsp3) is 0.200. The maximum atomic E-state index is 8.61. The molecule has 6 nitrogen and oxygen atoms in total. The minimum atomic E-state index is -0.0756. The summed E-state index contributed by atoms with van der Waals surface area (Å²) in [5, 5.41) is 17.2. The van der Waals surface area contributed by atoms with Gasteiger partial charge in [-0.25, -0.2) is 4.98 Å². The van der Waals surface area contributed by atoms with Crippen molar-refractivity contribution in [2.45, 2.75) is 34.0 Å². The minimum absolute atomic E-state index is 0. The van der Waals surface area contributed by atoms with E-state index in [2.05, 4.69) is 60.0 Å². The molecule has 2 N–H and O–H groups in total. The third-order valence-electron chi connectivity index (χ3n) is 4.51. The molecule has 4 rings (SSSR count). The van der Waals surface area contributed by atoms with Crippen molar-refractivity contribution >= 4 is 0 Å². The van der Waals surface area contributed by atoms with Crippen LogP contribution in [0.3, 0.4) is 0 Å². The van der Waals surface area contributed by atoms with Crippen LogP contribution < -0.4 is 0 Å². The van der Waals surface area contributed by atoms with E-state index in [1.54, 1.807) is 18.2 Å². The summed E-state index contributed by atoms with van der Waals surface area (Å²) in [4.78, 5) is 17.5. The predicted molar refractivity (Wildman–Crippen MR) is 121 cm³/mol. The molecule has 0 amide bonds. The zero-order valence-corrected chi connectivity index (χ0v) is 20.0. The van der Waals surface area contributed by atoms with Gasteiger partial charge < -0.3 is 10.2 Å². The van der Waals surface area contributed by atoms with E-state index < -0.39 is 0 Å². The maximum Gasteiger partial charge on any atom is 0.0897 e. The first-order valence-corrected chi connectivity index (χ1v) is 10.00. The van der Waals surface area contributed by atoms with Crippen molar-refractivity contribution in [3.05, 3.63) is 95.1 Å². The Morgan fingerprint density at radius 3 is 1.44 bits per heavy atom. The Labute approximate surface area is 201 Å². The summed E-state index contributed by atoms with van der Waals surface area (Å²) in [7, 11) is 0. The fourth-order valence-electron chi connectivity index (χ4n) is 2.99. The summed E-state index contributed by atoms with van der Waals surface area (Å²) in [6.07, 6.45) is 3.64. The molecule has 166 valence electrons. The summed E-state index contributed by atoms with van der Waals surface area (Å²) in [5.74, 6) is 0. The number of aliphatic hydroxyl groups is 2. The standard InChI is InChI=1S/C18H17N3.C7H9NO2.Ru/c1-12-4-6-19-15(8-12)17-10-14(3)11-18(21-17)16-9-13(2)5-7-20-16;9-4-6-2-1-3-7(5-10)8-6;/h4-11H,1-3H3;1-3,9-10H,4-5H2;. The van der Waals surface area contributed by atoms with Crippen molar-refractivity contribution in [3.63, 3.8) is 0 Å². The summed E-state index contributed by atoms with van der Waals surface area (Å²) in [6.45, 7) is 6.04. The monoisotopic (exact) mass is 516 g/mol. The third kappa shape index (κ3) is 7.09. The molecule has 4 heterocycles. The van der Waals surface area contributed by atoms with Crippen molar-refractivity contribution in [2.75, 3.05) is 0 Å². The molecule has 4 aromatic heterocycles. The molecular formula is C25H26N4O2Ru. The van der Waals surface area contributed by atoms with Gasteiger partial charge in [0.25, 0.3) is 0 Å². The Hall–Kier alpha value is -2.86. The summed E-state index contributed by atoms with van der Waals surface area (Å²) in [5.41, 5.74) is 8.26. The number of nitrogens with zero attached hydrogens (tertiary/aromatic N) is 4. The van der Waals surface area contributed by atoms with E-state index in [0.29, 0.717) is 11.4 Å². The second-order valence-corrected chi connectivity index (χ2v) is 7.29. The van der Waals surface area contributed by atoms with Crippen LogP contribution in [0.2, 0.25) is 0 Å². The van der Waals surface area contributed by atoms with E-state index in [1.807, 2.05) is 24.5 Å². The van der Waals surface area contributed by atoms with Crippen LogP contribution >= 0.6 is 0 Å². The number of hydrogen-bond donors (Lipinski definition) is 2. The Morgan fingerprint density at radius 2 is 1.03 bits per heavy atom. The fourth-order valence-corrected chi connectivity index (χ4v) is 2.99. The molecule has 0 saturated heterocycles. The molecule has 0 spiro atoms. The van der Waals surface area contributed by atoms with Gasteiger partial charge in [-0.15, -0.1) is 0 Å². The summed E-state index contributed by atoms with van der Waals surface area (Å²) in [6, 6.07) is 17.4. The van der Waals surface area contributed by atoms with Gasteiger partial charge in [-0.1, -0.05) is 6.07 Å². The average Bonchev–Trinajstić information content (AvgIpc) is 2.79. The molecule has 0 aromatic carbocycles. The van der Waals surface area contributed by atoms with Crippen LogP contribution in [-0.4, -0.2) is 30.1 Å². The van der Waals surface area contributed by atoms with Crippen LogP contribution in [0.4, 0.5) is 0 Å². The Balaban J connectivity index is 0.000000280. The Kier molecular flexibility index (Phi) is 9.72. The maximum absolute atomic E-state index is 8.61. The SMILES string of the molecule is Cc1ccnc(-c2cc(C)cc(-c3cc(C)ccn3)n2)c1.OCc1cccc(CO)n1.[Ru]. The molecule has 4 aromatic rings. The van der Waals surface area contributed by atoms with Crippen LogP contribution in [-0.2, 0) is 32.7 Å². The van der Waals surface area contributed by atoms with Crippen molar-refractivity contribution in [3.8, 4) is 22.8 Å². The van der Waals surface area contributed by atoms with E-state index in [0.717, 1.165) is 28.3 Å². The molecule has 7 heteroatoms. The zero-order valence-electron chi connectivity index (χ0n) is 18.3. The smallest absolute Gasteiger partial charge is 0.0897 e. The van der Waals surface area contributed by atoms with Gasteiger partial charge in [0.2, 0.25) is 0 Å². The summed E-state index contributed by atoms with van der Waals surface area (Å²) < 4.78 is 0. The molecule has 0 radical (unpaired) electrons. The zero-order chi connectivity index (χ0) is 22.2. The van der Waals surface area contributed by atoms with Crippen LogP contribution in [0.25, 0.3) is 22.8 Å². The summed E-state index contributed by atoms with van der Waals surface area (Å²) >= 11 is 0. The van der Waals surface area contributed by atoms with Gasteiger partial charge >= 0.3 is 0 Å². The molecule has 0 bridgehead atoms. The molecule has 0 aliphatic rings. The molecule has 0 aliphatic heterocycles. The van der Waals surface area contributed by atoms with Crippen molar-refractivity contribution in [1.82, 2.24) is 19.9 Å². The first-order valence-electron chi connectivity index (χ1n) is 10.00. The van der Waals surface area contributed by atoms with E-state index in [1.165, 1.54) is 11.1 Å². The number of pyridine rings is 4. The van der Waals surface area contributed by atoms with Crippen LogP contribution in [0.1, 0.15) is 28.1 Å². The molecular weight excluding hydrogens is 489 g/mol. The van der Waals surface area contributed by atoms with Gasteiger partial charge in [0.05, 0.1) is 47.4 Å². The number of aryl methyl sites for hydroxylation is 3. The first kappa shape index (κ1) is 25.4. The van der Waals surface area contributed by atoms with Crippen molar-refractivity contribution in [2.24, 2.45) is 0 Å². The Bertz CT molecular complexity index is 1090. The van der Waals surface area contributed by atoms with Gasteiger partial charge in [0.15, 0.2) is 0 Å². The quantitative estimate of drug-likeness (QED) is 0.396. The molecule has 0 saturated carbocycles. The van der Waals surface area contributed by atoms with Gasteiger partial charge in [0, 0.05) is 31.9 Å². The second-order valence-electron chi connectivity index (χ2n) is 7.29. The second kappa shape index (κ2) is 12.2. The van der Waals surface area contributed by atoms with Crippen LogP contribution in [0.5, 0.6) is 0 Å². The van der Waals surface area contributed by atoms with Gasteiger partial charge in [-0.05, 0) is 86.0 Å². The van der Waals surface area contributed by atoms with E-state index in [4.69, 9.17) is 15.2 Å².